The van der Waals surface area contributed by atoms with Gasteiger partial charge in [0.1, 0.15) is 12.4 Å². The average molecular weight is 432 g/mol. The number of aryl methyl sites for hydroxylation is 1. The van der Waals surface area contributed by atoms with Gasteiger partial charge in [0.05, 0.1) is 20.3 Å². The minimum atomic E-state index is -0.239. The maximum absolute atomic E-state index is 13.4. The van der Waals surface area contributed by atoms with Crippen LogP contribution in [0.3, 0.4) is 0 Å². The van der Waals surface area contributed by atoms with Crippen LogP contribution in [0.15, 0.2) is 66.7 Å². The molecule has 1 aliphatic rings. The molecule has 166 valence electrons. The first kappa shape index (κ1) is 21.8. The van der Waals surface area contributed by atoms with Crippen molar-refractivity contribution in [1.29, 1.82) is 0 Å². The van der Waals surface area contributed by atoms with Gasteiger partial charge in [-0.15, -0.1) is 0 Å². The molecule has 5 heteroatoms. The Bertz CT molecular complexity index is 1060. The van der Waals surface area contributed by atoms with Crippen molar-refractivity contribution >= 4 is 5.91 Å². The maximum Gasteiger partial charge on any atom is 0.254 e. The van der Waals surface area contributed by atoms with E-state index in [0.717, 1.165) is 29.7 Å². The smallest absolute Gasteiger partial charge is 0.254 e. The molecule has 0 aromatic heterocycles. The van der Waals surface area contributed by atoms with Gasteiger partial charge in [0, 0.05) is 12.1 Å². The van der Waals surface area contributed by atoms with Crippen LogP contribution in [0.1, 0.15) is 40.0 Å². The van der Waals surface area contributed by atoms with E-state index in [2.05, 4.69) is 19.1 Å². The molecule has 0 radical (unpaired) electrons. The summed E-state index contributed by atoms with van der Waals surface area (Å²) in [5, 5.41) is 0. The summed E-state index contributed by atoms with van der Waals surface area (Å²) in [5.41, 5.74) is 4.12. The highest BCUT2D eigenvalue weighted by Crippen LogP contribution is 2.39. The Morgan fingerprint density at radius 1 is 0.969 bits per heavy atom. The molecule has 0 fully saturated rings. The molecule has 5 nitrogen and oxygen atoms in total. The lowest BCUT2D eigenvalue weighted by molar-refractivity contribution is 0.0589. The van der Waals surface area contributed by atoms with Gasteiger partial charge in [-0.25, -0.2) is 0 Å². The third-order valence-electron chi connectivity index (χ3n) is 6.02. The summed E-state index contributed by atoms with van der Waals surface area (Å²) >= 11 is 0. The van der Waals surface area contributed by atoms with Crippen molar-refractivity contribution < 1.29 is 19.0 Å². The van der Waals surface area contributed by atoms with Crippen molar-refractivity contribution in [2.45, 2.75) is 25.8 Å². The zero-order chi connectivity index (χ0) is 22.5. The second-order valence-corrected chi connectivity index (χ2v) is 7.84. The monoisotopic (exact) mass is 431 g/mol. The van der Waals surface area contributed by atoms with E-state index in [1.165, 1.54) is 5.56 Å². The molecule has 0 saturated heterocycles. The van der Waals surface area contributed by atoms with Crippen molar-refractivity contribution in [2.75, 3.05) is 27.4 Å². The Morgan fingerprint density at radius 3 is 2.31 bits per heavy atom. The first-order chi connectivity index (χ1) is 15.6. The average Bonchev–Trinajstić information content (AvgIpc) is 2.86. The summed E-state index contributed by atoms with van der Waals surface area (Å²) in [6.07, 6.45) is 1.73. The second kappa shape index (κ2) is 9.77. The molecule has 4 rings (SSSR count). The third-order valence-corrected chi connectivity index (χ3v) is 6.02. The number of hydrogen-bond acceptors (Lipinski definition) is 4. The Labute approximate surface area is 189 Å². The number of carbonyl (C=O) groups excluding carboxylic acids is 1. The summed E-state index contributed by atoms with van der Waals surface area (Å²) in [4.78, 5) is 15.3. The zero-order valence-electron chi connectivity index (χ0n) is 18.8. The molecule has 32 heavy (non-hydrogen) atoms. The van der Waals surface area contributed by atoms with Crippen molar-refractivity contribution in [1.82, 2.24) is 4.90 Å². The highest BCUT2D eigenvalue weighted by molar-refractivity contribution is 5.94. The van der Waals surface area contributed by atoms with Crippen molar-refractivity contribution in [3.8, 4) is 17.2 Å². The molecule has 0 spiro atoms. The number of hydrogen-bond donors (Lipinski definition) is 0. The molecule has 1 heterocycles. The number of carbonyl (C=O) groups is 1. The summed E-state index contributed by atoms with van der Waals surface area (Å²) in [6, 6.07) is 21.3. The summed E-state index contributed by atoms with van der Waals surface area (Å²) in [6.45, 7) is 3.09. The van der Waals surface area contributed by atoms with Gasteiger partial charge in [-0.1, -0.05) is 37.3 Å². The molecule has 0 N–H and O–H groups in total. The van der Waals surface area contributed by atoms with E-state index >= 15 is 0 Å². The predicted octanol–water partition coefficient (Wildman–Crippen LogP) is 5.08. The van der Waals surface area contributed by atoms with Gasteiger partial charge in [-0.2, -0.15) is 0 Å². The number of nitrogens with zero attached hydrogens (tertiary/aromatic N) is 1. The first-order valence-electron chi connectivity index (χ1n) is 11.0. The lowest BCUT2D eigenvalue weighted by Crippen LogP contribution is -2.42. The van der Waals surface area contributed by atoms with Crippen LogP contribution in [-0.4, -0.2) is 38.2 Å². The van der Waals surface area contributed by atoms with Gasteiger partial charge >= 0.3 is 0 Å². The Hall–Kier alpha value is -3.47. The van der Waals surface area contributed by atoms with Crippen LogP contribution in [0.25, 0.3) is 0 Å². The molecule has 1 aliphatic heterocycles. The molecule has 0 aliphatic carbocycles. The summed E-state index contributed by atoms with van der Waals surface area (Å²) < 4.78 is 17.2. The molecular weight excluding hydrogens is 402 g/mol. The minimum Gasteiger partial charge on any atom is -0.493 e. The fourth-order valence-corrected chi connectivity index (χ4v) is 4.19. The van der Waals surface area contributed by atoms with Crippen molar-refractivity contribution in [3.63, 3.8) is 0 Å². The SMILES string of the molecule is CCc1ccc(OC[C@H]2c3cc(OC)c(OC)cc3CCN2C(=O)c2ccccc2)cc1. The minimum absolute atomic E-state index is 0.000894. The highest BCUT2D eigenvalue weighted by atomic mass is 16.5. The molecular formula is C27H29NO4. The highest BCUT2D eigenvalue weighted by Gasteiger charge is 2.33. The lowest BCUT2D eigenvalue weighted by atomic mass is 9.91. The van der Waals surface area contributed by atoms with Crippen LogP contribution < -0.4 is 14.2 Å². The molecule has 0 bridgehead atoms. The topological polar surface area (TPSA) is 48.0 Å². The molecule has 0 saturated carbocycles. The van der Waals surface area contributed by atoms with Crippen LogP contribution in [0.4, 0.5) is 0 Å². The van der Waals surface area contributed by atoms with E-state index in [1.54, 1.807) is 14.2 Å². The standard InChI is InChI=1S/C27H29NO4/c1-4-19-10-12-22(13-11-19)32-18-24-23-17-26(31-3)25(30-2)16-21(23)14-15-28(24)27(29)20-8-6-5-7-9-20/h5-13,16-17,24H,4,14-15,18H2,1-3H3/t24-/m0/s1. The van der Waals surface area contributed by atoms with E-state index in [-0.39, 0.29) is 11.9 Å². The lowest BCUT2D eigenvalue weighted by Gasteiger charge is -2.37. The van der Waals surface area contributed by atoms with Crippen LogP contribution in [0.5, 0.6) is 17.2 Å². The third kappa shape index (κ3) is 4.42. The fraction of sp³-hybridized carbons (Fsp3) is 0.296. The largest absolute Gasteiger partial charge is 0.493 e. The second-order valence-electron chi connectivity index (χ2n) is 7.84. The van der Waals surface area contributed by atoms with Gasteiger partial charge in [0.15, 0.2) is 11.5 Å². The van der Waals surface area contributed by atoms with Gasteiger partial charge in [-0.3, -0.25) is 4.79 Å². The molecule has 3 aromatic rings. The van der Waals surface area contributed by atoms with Gasteiger partial charge in [-0.05, 0) is 65.9 Å². The van der Waals surface area contributed by atoms with E-state index < -0.39 is 0 Å². The van der Waals surface area contributed by atoms with Gasteiger partial charge in [0.25, 0.3) is 5.91 Å². The number of fused-ring (bicyclic) bond motifs is 1. The molecule has 3 aromatic carbocycles. The first-order valence-corrected chi connectivity index (χ1v) is 11.0. The predicted molar refractivity (Wildman–Crippen MR) is 125 cm³/mol. The van der Waals surface area contributed by atoms with E-state index in [9.17, 15) is 4.79 Å². The molecule has 1 amide bonds. The van der Waals surface area contributed by atoms with Crippen molar-refractivity contribution in [2.24, 2.45) is 0 Å². The summed E-state index contributed by atoms with van der Waals surface area (Å²) in [5.74, 6) is 2.14. The normalized spacial score (nSPS) is 15.1. The van der Waals surface area contributed by atoms with Gasteiger partial charge in [0.2, 0.25) is 0 Å². The van der Waals surface area contributed by atoms with Crippen LogP contribution in [0, 0.1) is 0 Å². The van der Waals surface area contributed by atoms with Crippen LogP contribution in [-0.2, 0) is 12.8 Å². The molecule has 1 atom stereocenters. The van der Waals surface area contributed by atoms with Crippen LogP contribution in [0.2, 0.25) is 0 Å². The zero-order valence-corrected chi connectivity index (χ0v) is 18.8. The molecule has 0 unspecified atom stereocenters. The fourth-order valence-electron chi connectivity index (χ4n) is 4.19. The maximum atomic E-state index is 13.4. The number of rotatable bonds is 7. The number of benzene rings is 3. The Morgan fingerprint density at radius 2 is 1.66 bits per heavy atom. The van der Waals surface area contributed by atoms with E-state index in [0.29, 0.717) is 30.2 Å². The number of ether oxygens (including phenoxy) is 3. The summed E-state index contributed by atoms with van der Waals surface area (Å²) in [7, 11) is 3.26. The van der Waals surface area contributed by atoms with Crippen LogP contribution >= 0.6 is 0 Å². The van der Waals surface area contributed by atoms with E-state index in [4.69, 9.17) is 14.2 Å². The quantitative estimate of drug-likeness (QED) is 0.523. The van der Waals surface area contributed by atoms with Gasteiger partial charge < -0.3 is 19.1 Å². The van der Waals surface area contributed by atoms with Crippen molar-refractivity contribution in [3.05, 3.63) is 89.0 Å². The number of amides is 1. The Balaban J connectivity index is 1.68. The number of methoxy groups -OCH3 is 2. The van der Waals surface area contributed by atoms with E-state index in [1.807, 2.05) is 59.5 Å². The Kier molecular flexibility index (Phi) is 6.64.